The van der Waals surface area contributed by atoms with Gasteiger partial charge >= 0.3 is 5.97 Å². The fourth-order valence-corrected chi connectivity index (χ4v) is 3.09. The van der Waals surface area contributed by atoms with E-state index in [0.717, 1.165) is 11.1 Å². The van der Waals surface area contributed by atoms with Gasteiger partial charge in [-0.1, -0.05) is 47.5 Å². The molecular formula is C21H22ClN3O2. The first-order chi connectivity index (χ1) is 13.0. The van der Waals surface area contributed by atoms with Crippen LogP contribution in [0.25, 0.3) is 0 Å². The summed E-state index contributed by atoms with van der Waals surface area (Å²) < 4.78 is 7.41. The van der Waals surface area contributed by atoms with Crippen LogP contribution >= 0.6 is 11.6 Å². The van der Waals surface area contributed by atoms with Gasteiger partial charge in [-0.3, -0.25) is 4.79 Å². The summed E-state index contributed by atoms with van der Waals surface area (Å²) in [6.07, 6.45) is 3.59. The molecule has 0 bridgehead atoms. The Kier molecular flexibility index (Phi) is 6.24. The second-order valence-electron chi connectivity index (χ2n) is 6.58. The molecule has 27 heavy (non-hydrogen) atoms. The molecule has 3 rings (SSSR count). The third kappa shape index (κ3) is 5.41. The number of benzene rings is 2. The Balaban J connectivity index is 1.67. The van der Waals surface area contributed by atoms with Crippen molar-refractivity contribution in [3.05, 3.63) is 82.4 Å². The minimum Gasteiger partial charge on any atom is -0.455 e. The van der Waals surface area contributed by atoms with Crippen LogP contribution in [0.15, 0.2) is 55.1 Å². The number of rotatable bonds is 7. The summed E-state index contributed by atoms with van der Waals surface area (Å²) in [7, 11) is 0. The zero-order chi connectivity index (χ0) is 19.2. The van der Waals surface area contributed by atoms with Crippen LogP contribution in [0.2, 0.25) is 5.02 Å². The van der Waals surface area contributed by atoms with Gasteiger partial charge in [0.25, 0.3) is 0 Å². The second-order valence-corrected chi connectivity index (χ2v) is 7.01. The monoisotopic (exact) mass is 383 g/mol. The van der Waals surface area contributed by atoms with Gasteiger partial charge in [-0.25, -0.2) is 9.67 Å². The summed E-state index contributed by atoms with van der Waals surface area (Å²) >= 11 is 5.97. The Morgan fingerprint density at radius 3 is 2.63 bits per heavy atom. The van der Waals surface area contributed by atoms with E-state index in [-0.39, 0.29) is 5.97 Å². The molecule has 0 saturated carbocycles. The van der Waals surface area contributed by atoms with Crippen LogP contribution in [0.3, 0.4) is 0 Å². The predicted molar refractivity (Wildman–Crippen MR) is 105 cm³/mol. The van der Waals surface area contributed by atoms with E-state index in [2.05, 4.69) is 42.1 Å². The Morgan fingerprint density at radius 2 is 1.96 bits per heavy atom. The van der Waals surface area contributed by atoms with Crippen molar-refractivity contribution in [1.82, 2.24) is 14.8 Å². The Hall–Kier alpha value is -2.66. The number of ether oxygens (including phenoxy) is 1. The SMILES string of the molecule is Cc1ccc(CCC(=O)OC(Cn2cncn2)c2ccc(Cl)cc2)c(C)c1. The van der Waals surface area contributed by atoms with E-state index in [4.69, 9.17) is 16.3 Å². The van der Waals surface area contributed by atoms with Crippen LogP contribution in [0.4, 0.5) is 0 Å². The molecule has 0 aliphatic rings. The van der Waals surface area contributed by atoms with E-state index in [1.54, 1.807) is 23.1 Å². The number of carbonyl (C=O) groups is 1. The van der Waals surface area contributed by atoms with E-state index < -0.39 is 6.10 Å². The molecule has 2 aromatic carbocycles. The number of carbonyl (C=O) groups excluding carboxylic acids is 1. The maximum Gasteiger partial charge on any atom is 0.306 e. The van der Waals surface area contributed by atoms with E-state index in [1.165, 1.54) is 17.5 Å². The van der Waals surface area contributed by atoms with Gasteiger partial charge < -0.3 is 4.74 Å². The highest BCUT2D eigenvalue weighted by atomic mass is 35.5. The van der Waals surface area contributed by atoms with Crippen molar-refractivity contribution in [3.8, 4) is 0 Å². The third-order valence-corrected chi connectivity index (χ3v) is 4.68. The maximum absolute atomic E-state index is 12.5. The van der Waals surface area contributed by atoms with Crippen molar-refractivity contribution in [2.24, 2.45) is 0 Å². The summed E-state index contributed by atoms with van der Waals surface area (Å²) in [4.78, 5) is 16.4. The van der Waals surface area contributed by atoms with Crippen molar-refractivity contribution < 1.29 is 9.53 Å². The van der Waals surface area contributed by atoms with Crippen molar-refractivity contribution in [2.45, 2.75) is 39.3 Å². The lowest BCUT2D eigenvalue weighted by atomic mass is 10.0. The number of halogens is 1. The molecule has 0 aliphatic heterocycles. The van der Waals surface area contributed by atoms with Gasteiger partial charge in [-0.15, -0.1) is 0 Å². The topological polar surface area (TPSA) is 57.0 Å². The number of aryl methyl sites for hydroxylation is 3. The van der Waals surface area contributed by atoms with E-state index in [0.29, 0.717) is 24.4 Å². The molecule has 1 atom stereocenters. The minimum absolute atomic E-state index is 0.241. The number of hydrogen-bond acceptors (Lipinski definition) is 4. The zero-order valence-electron chi connectivity index (χ0n) is 15.4. The van der Waals surface area contributed by atoms with E-state index in [9.17, 15) is 4.79 Å². The minimum atomic E-state index is -0.449. The first kappa shape index (κ1) is 19.1. The highest BCUT2D eigenvalue weighted by Gasteiger charge is 2.18. The quantitative estimate of drug-likeness (QED) is 0.565. The van der Waals surface area contributed by atoms with Crippen molar-refractivity contribution in [2.75, 3.05) is 0 Å². The van der Waals surface area contributed by atoms with Crippen LogP contribution in [0.5, 0.6) is 0 Å². The van der Waals surface area contributed by atoms with E-state index in [1.807, 2.05) is 12.1 Å². The molecule has 140 valence electrons. The summed E-state index contributed by atoms with van der Waals surface area (Å²) in [5.41, 5.74) is 4.45. The molecule has 0 spiro atoms. The molecule has 0 radical (unpaired) electrons. The number of nitrogens with zero attached hydrogens (tertiary/aromatic N) is 3. The van der Waals surface area contributed by atoms with Crippen LogP contribution in [0, 0.1) is 13.8 Å². The largest absolute Gasteiger partial charge is 0.455 e. The lowest BCUT2D eigenvalue weighted by molar-refractivity contribution is -0.150. The zero-order valence-corrected chi connectivity index (χ0v) is 16.2. The van der Waals surface area contributed by atoms with Gasteiger partial charge in [0.15, 0.2) is 0 Å². The van der Waals surface area contributed by atoms with Crippen molar-refractivity contribution in [1.29, 1.82) is 0 Å². The highest BCUT2D eigenvalue weighted by molar-refractivity contribution is 6.30. The van der Waals surface area contributed by atoms with Crippen molar-refractivity contribution in [3.63, 3.8) is 0 Å². The number of esters is 1. The molecule has 0 fully saturated rings. The van der Waals surface area contributed by atoms with Gasteiger partial charge in [-0.2, -0.15) is 5.10 Å². The Morgan fingerprint density at radius 1 is 1.19 bits per heavy atom. The molecule has 3 aromatic rings. The molecule has 0 N–H and O–H groups in total. The van der Waals surface area contributed by atoms with Gasteiger partial charge in [-0.05, 0) is 49.1 Å². The van der Waals surface area contributed by atoms with Gasteiger partial charge in [0, 0.05) is 11.4 Å². The number of hydrogen-bond donors (Lipinski definition) is 0. The van der Waals surface area contributed by atoms with Gasteiger partial charge in [0.05, 0.1) is 6.54 Å². The second kappa shape index (κ2) is 8.82. The molecule has 0 saturated heterocycles. The third-order valence-electron chi connectivity index (χ3n) is 4.43. The maximum atomic E-state index is 12.5. The predicted octanol–water partition coefficient (Wildman–Crippen LogP) is 4.47. The fraction of sp³-hybridized carbons (Fsp3) is 0.286. The van der Waals surface area contributed by atoms with Crippen molar-refractivity contribution >= 4 is 17.6 Å². The summed E-state index contributed by atoms with van der Waals surface area (Å²) in [5.74, 6) is -0.241. The van der Waals surface area contributed by atoms with Crippen LogP contribution in [0.1, 0.15) is 34.8 Å². The molecular weight excluding hydrogens is 362 g/mol. The molecule has 0 amide bonds. The van der Waals surface area contributed by atoms with Crippen LogP contribution in [-0.4, -0.2) is 20.7 Å². The lowest BCUT2D eigenvalue weighted by Crippen LogP contribution is -2.18. The fourth-order valence-electron chi connectivity index (χ4n) is 2.97. The normalized spacial score (nSPS) is 12.0. The molecule has 5 nitrogen and oxygen atoms in total. The van der Waals surface area contributed by atoms with E-state index >= 15 is 0 Å². The average Bonchev–Trinajstić information content (AvgIpc) is 3.14. The first-order valence-corrected chi connectivity index (χ1v) is 9.22. The van der Waals surface area contributed by atoms with Crippen LogP contribution in [-0.2, 0) is 22.5 Å². The average molecular weight is 384 g/mol. The molecule has 6 heteroatoms. The summed E-state index contributed by atoms with van der Waals surface area (Å²) in [5, 5.41) is 4.75. The number of aromatic nitrogens is 3. The molecule has 1 heterocycles. The first-order valence-electron chi connectivity index (χ1n) is 8.85. The molecule has 0 aliphatic carbocycles. The molecule has 1 unspecified atom stereocenters. The molecule has 1 aromatic heterocycles. The van der Waals surface area contributed by atoms with Crippen LogP contribution < -0.4 is 0 Å². The van der Waals surface area contributed by atoms with Gasteiger partial charge in [0.1, 0.15) is 18.8 Å². The Labute approximate surface area is 164 Å². The highest BCUT2D eigenvalue weighted by Crippen LogP contribution is 2.23. The summed E-state index contributed by atoms with van der Waals surface area (Å²) in [6, 6.07) is 13.6. The Bertz CT molecular complexity index is 892. The summed E-state index contributed by atoms with van der Waals surface area (Å²) in [6.45, 7) is 4.53. The smallest absolute Gasteiger partial charge is 0.306 e. The standard InChI is InChI=1S/C21H22ClN3O2/c1-15-3-4-17(16(2)11-15)7-10-21(26)27-20(12-25-14-23-13-24-25)18-5-8-19(22)9-6-18/h3-6,8-9,11,13-14,20H,7,10,12H2,1-2H3. The lowest BCUT2D eigenvalue weighted by Gasteiger charge is -2.18. The van der Waals surface area contributed by atoms with Gasteiger partial charge in [0.2, 0.25) is 0 Å².